The molecule has 4 aliphatic carbocycles. The van der Waals surface area contributed by atoms with Crippen LogP contribution in [0.4, 0.5) is 0 Å². The minimum absolute atomic E-state index is 1.10. The summed E-state index contributed by atoms with van der Waals surface area (Å²) in [5.74, 6) is 2.19. The fourth-order valence-electron chi connectivity index (χ4n) is 3.87. The van der Waals surface area contributed by atoms with Crippen LogP contribution in [0, 0.1) is 0 Å². The fourth-order valence-corrected chi connectivity index (χ4v) is 5.04. The molecular formula is C24H18S. The van der Waals surface area contributed by atoms with Gasteiger partial charge in [-0.3, -0.25) is 0 Å². The normalized spacial score (nSPS) is 14.6. The van der Waals surface area contributed by atoms with Gasteiger partial charge in [-0.05, 0) is 44.5 Å². The Morgan fingerprint density at radius 1 is 0.440 bits per heavy atom. The minimum atomic E-state index is 1.10. The summed E-state index contributed by atoms with van der Waals surface area (Å²) >= 11 is 2.02. The number of rotatable bonds is 2. The molecule has 0 fully saturated rings. The van der Waals surface area contributed by atoms with E-state index in [0.717, 1.165) is 11.5 Å². The Morgan fingerprint density at radius 2 is 0.920 bits per heavy atom. The molecule has 0 atom stereocenters. The van der Waals surface area contributed by atoms with Gasteiger partial charge >= 0.3 is 0 Å². The van der Waals surface area contributed by atoms with E-state index in [1.165, 1.54) is 44.5 Å². The van der Waals surface area contributed by atoms with Gasteiger partial charge in [-0.25, -0.2) is 0 Å². The monoisotopic (exact) mass is 338 g/mol. The van der Waals surface area contributed by atoms with Crippen LogP contribution in [-0.2, 0) is 0 Å². The topological polar surface area (TPSA) is 0 Å². The molecule has 5 rings (SSSR count). The van der Waals surface area contributed by atoms with Crippen LogP contribution < -0.4 is 0 Å². The standard InChI is InChI=1S/C24H18S/c1-3-7-17-11-13-21(19(17)9-5-1)23-15-25-16-24(23)22-14-12-18-8-4-2-6-10-20(18)22/h1-14H,15-16H2. The molecule has 0 aromatic carbocycles. The van der Waals surface area contributed by atoms with E-state index >= 15 is 0 Å². The van der Waals surface area contributed by atoms with Gasteiger partial charge in [-0.1, -0.05) is 84.9 Å². The summed E-state index contributed by atoms with van der Waals surface area (Å²) in [6.45, 7) is 0. The van der Waals surface area contributed by atoms with E-state index in [9.17, 15) is 0 Å². The van der Waals surface area contributed by atoms with Crippen LogP contribution in [0.25, 0.3) is 33.4 Å². The first-order chi connectivity index (χ1) is 12.4. The molecule has 25 heavy (non-hydrogen) atoms. The predicted molar refractivity (Wildman–Crippen MR) is 110 cm³/mol. The highest BCUT2D eigenvalue weighted by atomic mass is 32.2. The summed E-state index contributed by atoms with van der Waals surface area (Å²) in [4.78, 5) is 0. The zero-order valence-corrected chi connectivity index (χ0v) is 14.7. The van der Waals surface area contributed by atoms with Crippen molar-refractivity contribution in [1.29, 1.82) is 0 Å². The van der Waals surface area contributed by atoms with Crippen molar-refractivity contribution in [2.24, 2.45) is 0 Å². The molecule has 0 aromatic heterocycles. The van der Waals surface area contributed by atoms with Gasteiger partial charge < -0.3 is 0 Å². The lowest BCUT2D eigenvalue weighted by atomic mass is 9.94. The Hall–Kier alpha value is -2.51. The molecule has 0 radical (unpaired) electrons. The molecule has 0 nitrogen and oxygen atoms in total. The summed E-state index contributed by atoms with van der Waals surface area (Å²) in [7, 11) is 0. The van der Waals surface area contributed by atoms with Crippen molar-refractivity contribution in [3.05, 3.63) is 96.1 Å². The van der Waals surface area contributed by atoms with Gasteiger partial charge in [-0.2, -0.15) is 11.8 Å². The molecule has 0 unspecified atom stereocenters. The van der Waals surface area contributed by atoms with E-state index in [4.69, 9.17) is 0 Å². The van der Waals surface area contributed by atoms with E-state index in [1.54, 1.807) is 0 Å². The predicted octanol–water partition coefficient (Wildman–Crippen LogP) is 6.55. The van der Waals surface area contributed by atoms with Gasteiger partial charge in [0.1, 0.15) is 0 Å². The Kier molecular flexibility index (Phi) is 3.61. The summed E-state index contributed by atoms with van der Waals surface area (Å²) in [5.41, 5.74) is 11.2. The van der Waals surface area contributed by atoms with E-state index in [0.29, 0.717) is 0 Å². The zero-order valence-electron chi connectivity index (χ0n) is 13.9. The molecule has 1 heterocycles. The van der Waals surface area contributed by atoms with Gasteiger partial charge in [0.2, 0.25) is 0 Å². The average molecular weight is 338 g/mol. The van der Waals surface area contributed by atoms with Crippen molar-refractivity contribution in [2.45, 2.75) is 0 Å². The second-order valence-corrected chi connectivity index (χ2v) is 7.49. The van der Waals surface area contributed by atoms with Crippen LogP contribution in [0.5, 0.6) is 0 Å². The van der Waals surface area contributed by atoms with Crippen LogP contribution in [0.2, 0.25) is 0 Å². The van der Waals surface area contributed by atoms with Crippen molar-refractivity contribution >= 4 is 22.9 Å². The van der Waals surface area contributed by atoms with Crippen molar-refractivity contribution in [3.63, 3.8) is 0 Å². The number of hydrogen-bond acceptors (Lipinski definition) is 1. The zero-order chi connectivity index (χ0) is 16.6. The van der Waals surface area contributed by atoms with E-state index in [1.807, 2.05) is 11.8 Å². The van der Waals surface area contributed by atoms with Crippen LogP contribution in [0.1, 0.15) is 11.1 Å². The first-order valence-corrected chi connectivity index (χ1v) is 9.83. The molecule has 120 valence electrons. The third-order valence-electron chi connectivity index (χ3n) is 5.09. The first kappa shape index (κ1) is 14.8. The maximum Gasteiger partial charge on any atom is 0.0197 e. The van der Waals surface area contributed by atoms with E-state index in [-0.39, 0.29) is 0 Å². The summed E-state index contributed by atoms with van der Waals surface area (Å²) < 4.78 is 0. The molecule has 0 N–H and O–H groups in total. The summed E-state index contributed by atoms with van der Waals surface area (Å²) in [5, 5.41) is 0. The maximum absolute atomic E-state index is 2.30. The first-order valence-electron chi connectivity index (χ1n) is 8.68. The highest BCUT2D eigenvalue weighted by Gasteiger charge is 2.24. The van der Waals surface area contributed by atoms with Crippen molar-refractivity contribution in [3.8, 4) is 22.3 Å². The fraction of sp³-hybridized carbons (Fsp3) is 0.0833. The second-order valence-electron chi connectivity index (χ2n) is 6.50. The van der Waals surface area contributed by atoms with Gasteiger partial charge in [0.15, 0.2) is 0 Å². The largest absolute Gasteiger partial charge is 0.152 e. The molecule has 1 aliphatic heterocycles. The average Bonchev–Trinajstić information content (AvgIpc) is 3.25. The summed E-state index contributed by atoms with van der Waals surface area (Å²) in [6.07, 6.45) is 0. The van der Waals surface area contributed by atoms with Crippen LogP contribution >= 0.6 is 11.8 Å². The Bertz CT molecular complexity index is 945. The Balaban J connectivity index is 1.70. The van der Waals surface area contributed by atoms with Gasteiger partial charge in [0.05, 0.1) is 0 Å². The third kappa shape index (κ3) is 2.47. The Labute approximate surface area is 152 Å². The minimum Gasteiger partial charge on any atom is -0.152 e. The highest BCUT2D eigenvalue weighted by Crippen LogP contribution is 2.45. The number of hydrogen-bond donors (Lipinski definition) is 0. The number of fused-ring (bicyclic) bond motifs is 2. The number of thioether (sulfide) groups is 1. The van der Waals surface area contributed by atoms with E-state index in [2.05, 4.69) is 84.9 Å². The summed E-state index contributed by atoms with van der Waals surface area (Å²) in [6, 6.07) is 30.8. The van der Waals surface area contributed by atoms with Gasteiger partial charge in [-0.15, -0.1) is 0 Å². The van der Waals surface area contributed by atoms with Gasteiger partial charge in [0, 0.05) is 11.5 Å². The SMILES string of the molecule is c1ccc2ccc(C3=C(c4ccc5cccccc4-5)CSC3)c-2cc1. The molecule has 1 heteroatoms. The third-order valence-corrected chi connectivity index (χ3v) is 6.08. The molecule has 0 spiro atoms. The molecule has 0 saturated carbocycles. The molecule has 0 bridgehead atoms. The molecular weight excluding hydrogens is 320 g/mol. The lowest BCUT2D eigenvalue weighted by molar-refractivity contribution is 1.63. The quantitative estimate of drug-likeness (QED) is 0.399. The van der Waals surface area contributed by atoms with Gasteiger partial charge in [0.25, 0.3) is 0 Å². The van der Waals surface area contributed by atoms with Crippen molar-refractivity contribution in [1.82, 2.24) is 0 Å². The van der Waals surface area contributed by atoms with E-state index < -0.39 is 0 Å². The van der Waals surface area contributed by atoms with Crippen LogP contribution in [0.3, 0.4) is 0 Å². The van der Waals surface area contributed by atoms with Crippen LogP contribution in [-0.4, -0.2) is 11.5 Å². The second kappa shape index (κ2) is 6.09. The lowest BCUT2D eigenvalue weighted by Gasteiger charge is -2.09. The lowest BCUT2D eigenvalue weighted by Crippen LogP contribution is -1.89. The van der Waals surface area contributed by atoms with Crippen molar-refractivity contribution < 1.29 is 0 Å². The smallest absolute Gasteiger partial charge is 0.0197 e. The molecule has 0 aromatic rings. The molecule has 5 aliphatic rings. The molecule has 0 amide bonds. The highest BCUT2D eigenvalue weighted by molar-refractivity contribution is 8.00. The van der Waals surface area contributed by atoms with Crippen molar-refractivity contribution in [2.75, 3.05) is 11.5 Å². The molecule has 0 saturated heterocycles. The Morgan fingerprint density at radius 3 is 1.44 bits per heavy atom. The van der Waals surface area contributed by atoms with Crippen LogP contribution in [0.15, 0.2) is 84.9 Å². The maximum atomic E-state index is 2.30.